The number of anilines is 1. The number of fused-ring (bicyclic) bond motifs is 1. The van der Waals surface area contributed by atoms with Gasteiger partial charge in [0.05, 0.1) is 25.6 Å². The number of imidazole rings is 1. The number of unbranched alkanes of at least 4 members (excludes halogenated alkanes) is 13. The van der Waals surface area contributed by atoms with Crippen molar-refractivity contribution in [2.75, 3.05) is 30.6 Å². The molecule has 232 valence electrons. The Bertz CT molecular complexity index is 907. The van der Waals surface area contributed by atoms with Gasteiger partial charge in [0.15, 0.2) is 18.3 Å². The molecule has 0 bridgehead atoms. The molecule has 40 heavy (non-hydrogen) atoms. The first kappa shape index (κ1) is 36.8. The third kappa shape index (κ3) is 16.9. The van der Waals surface area contributed by atoms with Crippen LogP contribution in [0.25, 0.3) is 11.2 Å². The molecule has 0 aromatic carbocycles. The minimum Gasteiger partial charge on any atom is -0.382 e. The highest BCUT2D eigenvalue weighted by molar-refractivity contribution is 7.99. The molecule has 0 aliphatic rings. The van der Waals surface area contributed by atoms with Gasteiger partial charge in [0.25, 0.3) is 0 Å². The lowest BCUT2D eigenvalue weighted by Gasteiger charge is -2.14. The number of ether oxygens (including phenoxy) is 1. The molecule has 2 aromatic rings. The lowest BCUT2D eigenvalue weighted by atomic mass is 10.1. The van der Waals surface area contributed by atoms with E-state index in [1.54, 1.807) is 6.33 Å². The van der Waals surface area contributed by atoms with Crippen molar-refractivity contribution in [2.45, 2.75) is 123 Å². The molecule has 2 aromatic heterocycles. The normalized spacial score (nSPS) is 12.9. The van der Waals surface area contributed by atoms with Crippen molar-refractivity contribution < 1.29 is 18.3 Å². The first-order chi connectivity index (χ1) is 19.1. The molecule has 0 spiro atoms. The third-order valence-electron chi connectivity index (χ3n) is 6.71. The molecule has 0 fully saturated rings. The van der Waals surface area contributed by atoms with Gasteiger partial charge in [0.2, 0.25) is 0 Å². The van der Waals surface area contributed by atoms with Crippen LogP contribution < -0.4 is 11.9 Å². The first-order valence-electron chi connectivity index (χ1n) is 15.0. The molecular weight excluding hydrogens is 547 g/mol. The number of nitrogens with two attached hydrogens (primary N) is 1. The van der Waals surface area contributed by atoms with Gasteiger partial charge in [-0.3, -0.25) is 9.09 Å². The third-order valence-corrected chi connectivity index (χ3v) is 8.66. The van der Waals surface area contributed by atoms with Crippen molar-refractivity contribution >= 4 is 37.0 Å². The maximum Gasteiger partial charge on any atom is 0.321 e. The lowest BCUT2D eigenvalue weighted by molar-refractivity contribution is -0.0367. The van der Waals surface area contributed by atoms with Crippen molar-refractivity contribution in [3.63, 3.8) is 0 Å². The summed E-state index contributed by atoms with van der Waals surface area (Å²) in [6, 6.07) is 0. The number of hydrogen-bond acceptors (Lipinski definition) is 10. The SMILES string of the molecule is CCCCCCCSCCCCCCCCCCCCO[PH](=O)OCO[C@H](C)Cn1cnc2c(N)ncnc21.N. The van der Waals surface area contributed by atoms with Gasteiger partial charge in [-0.2, -0.15) is 11.8 Å². The fourth-order valence-corrected chi connectivity index (χ4v) is 5.97. The second-order valence-electron chi connectivity index (χ2n) is 10.2. The van der Waals surface area contributed by atoms with Crippen LogP contribution in [0.2, 0.25) is 0 Å². The summed E-state index contributed by atoms with van der Waals surface area (Å²) in [6.07, 6.45) is 22.5. The van der Waals surface area contributed by atoms with Crippen molar-refractivity contribution in [1.29, 1.82) is 0 Å². The molecule has 10 nitrogen and oxygen atoms in total. The molecule has 0 aliphatic carbocycles. The molecule has 0 saturated carbocycles. The molecule has 0 saturated heterocycles. The average molecular weight is 603 g/mol. The summed E-state index contributed by atoms with van der Waals surface area (Å²) < 4.78 is 29.9. The van der Waals surface area contributed by atoms with Gasteiger partial charge in [-0.05, 0) is 37.7 Å². The molecule has 2 heterocycles. The quantitative estimate of drug-likeness (QED) is 0.0616. The fourth-order valence-electron chi connectivity index (χ4n) is 4.39. The zero-order chi connectivity index (χ0) is 28.0. The van der Waals surface area contributed by atoms with Crippen LogP contribution in [-0.2, 0) is 24.9 Å². The molecule has 5 N–H and O–H groups in total. The van der Waals surface area contributed by atoms with Crippen LogP contribution in [0.4, 0.5) is 5.82 Å². The molecule has 2 rings (SSSR count). The van der Waals surface area contributed by atoms with Crippen molar-refractivity contribution in [1.82, 2.24) is 25.7 Å². The lowest BCUT2D eigenvalue weighted by Crippen LogP contribution is -2.17. The predicted octanol–water partition coefficient (Wildman–Crippen LogP) is 7.96. The van der Waals surface area contributed by atoms with Crippen LogP contribution in [0.3, 0.4) is 0 Å². The van der Waals surface area contributed by atoms with E-state index in [1.165, 1.54) is 101 Å². The standard InChI is InChI=1S/C28H52N5O4PS.H3N/c1-3-4-5-13-16-19-39-20-17-14-11-9-7-6-8-10-12-15-18-36-38(34)37-24-35-25(2)21-33-23-32-26-27(29)30-22-31-28(26)33;/h22-23,25,38H,3-21,24H2,1-2H3,(H2,29,30,31);1H3/t25-;/m1./s1. The number of thioether (sulfide) groups is 1. The van der Waals surface area contributed by atoms with Gasteiger partial charge in [0, 0.05) is 0 Å². The van der Waals surface area contributed by atoms with Gasteiger partial charge in [-0.15, -0.1) is 0 Å². The minimum atomic E-state index is -2.54. The van der Waals surface area contributed by atoms with Crippen LogP contribution in [0.5, 0.6) is 0 Å². The molecule has 0 aliphatic heterocycles. The Kier molecular flexibility index (Phi) is 22.4. The minimum absolute atomic E-state index is 0. The Hall–Kier alpha value is -1.23. The second-order valence-corrected chi connectivity index (χ2v) is 12.5. The molecular formula is C28H55N6O4PS. The number of hydrogen-bond donors (Lipinski definition) is 2. The average Bonchev–Trinajstić information content (AvgIpc) is 3.33. The Morgan fingerprint density at radius 1 is 0.875 bits per heavy atom. The Morgan fingerprint density at radius 2 is 1.48 bits per heavy atom. The maximum atomic E-state index is 11.9. The Labute approximate surface area is 246 Å². The van der Waals surface area contributed by atoms with Crippen molar-refractivity contribution in [3.8, 4) is 0 Å². The summed E-state index contributed by atoms with van der Waals surface area (Å²) in [7, 11) is -2.54. The van der Waals surface area contributed by atoms with Gasteiger partial charge >= 0.3 is 8.25 Å². The van der Waals surface area contributed by atoms with Crippen LogP contribution >= 0.6 is 20.0 Å². The number of rotatable bonds is 26. The fraction of sp³-hybridized carbons (Fsp3) is 0.821. The summed E-state index contributed by atoms with van der Waals surface area (Å²) in [5.74, 6) is 3.04. The van der Waals surface area contributed by atoms with Crippen LogP contribution in [0.15, 0.2) is 12.7 Å². The van der Waals surface area contributed by atoms with E-state index >= 15 is 0 Å². The molecule has 2 atom stereocenters. The van der Waals surface area contributed by atoms with Gasteiger partial charge in [0.1, 0.15) is 11.8 Å². The Morgan fingerprint density at radius 3 is 2.12 bits per heavy atom. The van der Waals surface area contributed by atoms with Gasteiger partial charge in [-0.25, -0.2) is 15.0 Å². The van der Waals surface area contributed by atoms with E-state index in [1.807, 2.05) is 11.5 Å². The van der Waals surface area contributed by atoms with Crippen molar-refractivity contribution in [3.05, 3.63) is 12.7 Å². The molecule has 12 heteroatoms. The zero-order valence-corrected chi connectivity index (χ0v) is 26.8. The second kappa shape index (κ2) is 24.4. The highest BCUT2D eigenvalue weighted by atomic mass is 32.2. The molecule has 0 amide bonds. The van der Waals surface area contributed by atoms with Crippen LogP contribution in [0.1, 0.15) is 110 Å². The van der Waals surface area contributed by atoms with Crippen LogP contribution in [0, 0.1) is 0 Å². The van der Waals surface area contributed by atoms with Crippen molar-refractivity contribution in [2.24, 2.45) is 0 Å². The van der Waals surface area contributed by atoms with Crippen LogP contribution in [-0.4, -0.2) is 50.5 Å². The van der Waals surface area contributed by atoms with Gasteiger partial charge in [-0.1, -0.05) is 84.0 Å². The van der Waals surface area contributed by atoms with E-state index in [-0.39, 0.29) is 19.0 Å². The Balaban J connectivity index is 0.00000800. The van der Waals surface area contributed by atoms with E-state index in [9.17, 15) is 4.57 Å². The number of nitrogen functional groups attached to an aromatic ring is 1. The maximum absolute atomic E-state index is 11.9. The van der Waals surface area contributed by atoms with E-state index in [0.29, 0.717) is 30.1 Å². The monoisotopic (exact) mass is 602 g/mol. The van der Waals surface area contributed by atoms with Gasteiger partial charge < -0.3 is 25.7 Å². The van der Waals surface area contributed by atoms with E-state index in [0.717, 1.165) is 12.8 Å². The summed E-state index contributed by atoms with van der Waals surface area (Å²) in [6.45, 7) is 5.07. The largest absolute Gasteiger partial charge is 0.382 e. The summed E-state index contributed by atoms with van der Waals surface area (Å²) >= 11 is 2.15. The van der Waals surface area contributed by atoms with E-state index in [4.69, 9.17) is 19.5 Å². The first-order valence-corrected chi connectivity index (χ1v) is 17.4. The smallest absolute Gasteiger partial charge is 0.321 e. The highest BCUT2D eigenvalue weighted by Gasteiger charge is 2.11. The van der Waals surface area contributed by atoms with E-state index in [2.05, 4.69) is 33.6 Å². The summed E-state index contributed by atoms with van der Waals surface area (Å²) in [5.41, 5.74) is 7.04. The number of nitrogens with zero attached hydrogens (tertiary/aromatic N) is 4. The predicted molar refractivity (Wildman–Crippen MR) is 168 cm³/mol. The highest BCUT2D eigenvalue weighted by Crippen LogP contribution is 2.24. The summed E-state index contributed by atoms with van der Waals surface area (Å²) in [5, 5.41) is 0. The van der Waals surface area contributed by atoms with E-state index < -0.39 is 8.25 Å². The summed E-state index contributed by atoms with van der Waals surface area (Å²) in [4.78, 5) is 12.4. The molecule has 0 radical (unpaired) electrons. The number of aromatic nitrogens is 4. The molecule has 1 unspecified atom stereocenters. The zero-order valence-electron chi connectivity index (χ0n) is 25.0. The topological polar surface area (TPSA) is 149 Å².